The summed E-state index contributed by atoms with van der Waals surface area (Å²) < 4.78 is 0. The molecular formula is C13H27N3O2. The molecule has 0 unspecified atom stereocenters. The monoisotopic (exact) mass is 257 g/mol. The van der Waals surface area contributed by atoms with Crippen molar-refractivity contribution in [2.24, 2.45) is 0 Å². The maximum atomic E-state index is 11.9. The molecule has 0 aliphatic rings. The van der Waals surface area contributed by atoms with Gasteiger partial charge < -0.3 is 14.7 Å². The van der Waals surface area contributed by atoms with Crippen LogP contribution >= 0.6 is 0 Å². The molecule has 0 spiro atoms. The minimum atomic E-state index is -0.0471. The van der Waals surface area contributed by atoms with Gasteiger partial charge in [0.25, 0.3) is 0 Å². The van der Waals surface area contributed by atoms with E-state index in [9.17, 15) is 9.59 Å². The molecule has 0 aromatic rings. The van der Waals surface area contributed by atoms with E-state index >= 15 is 0 Å². The number of amides is 2. The fraction of sp³-hybridized carbons (Fsp3) is 0.846. The average molecular weight is 257 g/mol. The first kappa shape index (κ1) is 16.9. The number of hydrogen-bond acceptors (Lipinski definition) is 3. The van der Waals surface area contributed by atoms with Gasteiger partial charge in [-0.15, -0.1) is 0 Å². The van der Waals surface area contributed by atoms with Crippen LogP contribution in [0.3, 0.4) is 0 Å². The molecule has 5 nitrogen and oxygen atoms in total. The van der Waals surface area contributed by atoms with Gasteiger partial charge >= 0.3 is 0 Å². The second-order valence-corrected chi connectivity index (χ2v) is 4.91. The second kappa shape index (κ2) is 8.91. The van der Waals surface area contributed by atoms with Crippen LogP contribution in [0.1, 0.15) is 26.7 Å². The second-order valence-electron chi connectivity index (χ2n) is 4.91. The summed E-state index contributed by atoms with van der Waals surface area (Å²) in [7, 11) is 5.70. The molecule has 0 aliphatic carbocycles. The SMILES string of the molecule is CCCCN(C)C(=O)CN(CCN(C)C)C(C)=O. The Kier molecular flexibility index (Phi) is 8.37. The summed E-state index contributed by atoms with van der Waals surface area (Å²) in [5.74, 6) is -0.0357. The van der Waals surface area contributed by atoms with Crippen LogP contribution in [-0.2, 0) is 9.59 Å². The average Bonchev–Trinajstić information content (AvgIpc) is 2.30. The summed E-state index contributed by atoms with van der Waals surface area (Å²) in [6.45, 7) is 5.91. The van der Waals surface area contributed by atoms with Gasteiger partial charge in [-0.1, -0.05) is 13.3 Å². The molecule has 0 aromatic carbocycles. The number of nitrogens with zero attached hydrogens (tertiary/aromatic N) is 3. The minimum absolute atomic E-state index is 0.0115. The molecule has 0 aliphatic heterocycles. The van der Waals surface area contributed by atoms with Crippen molar-refractivity contribution in [3.05, 3.63) is 0 Å². The predicted molar refractivity (Wildman–Crippen MR) is 73.4 cm³/mol. The van der Waals surface area contributed by atoms with Crippen LogP contribution < -0.4 is 0 Å². The smallest absolute Gasteiger partial charge is 0.241 e. The third kappa shape index (κ3) is 7.27. The normalized spacial score (nSPS) is 10.6. The van der Waals surface area contributed by atoms with Crippen LogP contribution in [-0.4, -0.2) is 73.8 Å². The first-order chi connectivity index (χ1) is 8.38. The van der Waals surface area contributed by atoms with Gasteiger partial charge in [-0.3, -0.25) is 9.59 Å². The van der Waals surface area contributed by atoms with Crippen LogP contribution in [0, 0.1) is 0 Å². The summed E-state index contributed by atoms with van der Waals surface area (Å²) >= 11 is 0. The predicted octanol–water partition coefficient (Wildman–Crippen LogP) is 0.655. The highest BCUT2D eigenvalue weighted by molar-refractivity contribution is 5.83. The van der Waals surface area contributed by atoms with E-state index in [0.717, 1.165) is 25.9 Å². The van der Waals surface area contributed by atoms with Crippen molar-refractivity contribution in [1.82, 2.24) is 14.7 Å². The molecule has 0 heterocycles. The first-order valence-corrected chi connectivity index (χ1v) is 6.52. The quantitative estimate of drug-likeness (QED) is 0.641. The lowest BCUT2D eigenvalue weighted by Gasteiger charge is -2.25. The van der Waals surface area contributed by atoms with Crippen molar-refractivity contribution in [3.8, 4) is 0 Å². The minimum Gasteiger partial charge on any atom is -0.344 e. The third-order valence-electron chi connectivity index (χ3n) is 2.86. The first-order valence-electron chi connectivity index (χ1n) is 6.52. The number of likely N-dealkylation sites (N-methyl/N-ethyl adjacent to an activating group) is 2. The molecule has 0 saturated carbocycles. The third-order valence-corrected chi connectivity index (χ3v) is 2.86. The van der Waals surface area contributed by atoms with Crippen molar-refractivity contribution in [1.29, 1.82) is 0 Å². The Hall–Kier alpha value is -1.10. The highest BCUT2D eigenvalue weighted by Crippen LogP contribution is 1.97. The van der Waals surface area contributed by atoms with Crippen molar-refractivity contribution in [2.45, 2.75) is 26.7 Å². The summed E-state index contributed by atoms with van der Waals surface area (Å²) in [4.78, 5) is 28.7. The number of unbranched alkanes of at least 4 members (excludes halogenated alkanes) is 1. The molecular weight excluding hydrogens is 230 g/mol. The maximum absolute atomic E-state index is 11.9. The van der Waals surface area contributed by atoms with E-state index < -0.39 is 0 Å². The number of carbonyl (C=O) groups is 2. The molecule has 2 amide bonds. The van der Waals surface area contributed by atoms with E-state index in [1.807, 2.05) is 19.0 Å². The van der Waals surface area contributed by atoms with Gasteiger partial charge in [-0.25, -0.2) is 0 Å². The van der Waals surface area contributed by atoms with E-state index in [0.29, 0.717) is 6.54 Å². The van der Waals surface area contributed by atoms with Crippen molar-refractivity contribution >= 4 is 11.8 Å². The Morgan fingerprint density at radius 1 is 1.00 bits per heavy atom. The molecule has 0 fully saturated rings. The van der Waals surface area contributed by atoms with Crippen LogP contribution in [0.15, 0.2) is 0 Å². The Bertz CT molecular complexity index is 267. The van der Waals surface area contributed by atoms with Gasteiger partial charge in [-0.05, 0) is 20.5 Å². The molecule has 0 N–H and O–H groups in total. The van der Waals surface area contributed by atoms with Gasteiger partial charge in [0.2, 0.25) is 11.8 Å². The molecule has 0 atom stereocenters. The van der Waals surface area contributed by atoms with E-state index in [-0.39, 0.29) is 18.4 Å². The number of carbonyl (C=O) groups excluding carboxylic acids is 2. The van der Waals surface area contributed by atoms with E-state index in [1.54, 1.807) is 16.8 Å². The molecule has 106 valence electrons. The van der Waals surface area contributed by atoms with Gasteiger partial charge in [0.1, 0.15) is 0 Å². The van der Waals surface area contributed by atoms with E-state index in [4.69, 9.17) is 0 Å². The Labute approximate surface area is 111 Å². The van der Waals surface area contributed by atoms with Crippen LogP contribution in [0.5, 0.6) is 0 Å². The molecule has 0 saturated heterocycles. The van der Waals surface area contributed by atoms with Gasteiger partial charge in [-0.2, -0.15) is 0 Å². The standard InChI is InChI=1S/C13H27N3O2/c1-6-7-8-15(5)13(18)11-16(12(2)17)10-9-14(3)4/h6-11H2,1-5H3. The molecule has 0 bridgehead atoms. The van der Waals surface area contributed by atoms with Crippen LogP contribution in [0.25, 0.3) is 0 Å². The van der Waals surface area contributed by atoms with Crippen molar-refractivity contribution in [2.75, 3.05) is 47.3 Å². The number of rotatable bonds is 8. The van der Waals surface area contributed by atoms with Crippen LogP contribution in [0.2, 0.25) is 0 Å². The zero-order valence-corrected chi connectivity index (χ0v) is 12.4. The molecule has 0 rings (SSSR count). The topological polar surface area (TPSA) is 43.9 Å². The Morgan fingerprint density at radius 3 is 2.06 bits per heavy atom. The van der Waals surface area contributed by atoms with E-state index in [1.165, 1.54) is 6.92 Å². The highest BCUT2D eigenvalue weighted by Gasteiger charge is 2.16. The molecule has 18 heavy (non-hydrogen) atoms. The van der Waals surface area contributed by atoms with Gasteiger partial charge in [0.05, 0.1) is 6.54 Å². The van der Waals surface area contributed by atoms with E-state index in [2.05, 4.69) is 6.92 Å². The van der Waals surface area contributed by atoms with Gasteiger partial charge in [0.15, 0.2) is 0 Å². The number of hydrogen-bond donors (Lipinski definition) is 0. The molecule has 0 aromatic heterocycles. The molecule has 5 heteroatoms. The lowest BCUT2D eigenvalue weighted by molar-refractivity contribution is -0.138. The lowest BCUT2D eigenvalue weighted by atomic mass is 10.3. The van der Waals surface area contributed by atoms with Gasteiger partial charge in [0, 0.05) is 33.6 Å². The highest BCUT2D eigenvalue weighted by atomic mass is 16.2. The van der Waals surface area contributed by atoms with Crippen molar-refractivity contribution < 1.29 is 9.59 Å². The Morgan fingerprint density at radius 2 is 1.61 bits per heavy atom. The summed E-state index contributed by atoms with van der Waals surface area (Å²) in [6, 6.07) is 0. The fourth-order valence-electron chi connectivity index (χ4n) is 1.47. The largest absolute Gasteiger partial charge is 0.344 e. The maximum Gasteiger partial charge on any atom is 0.241 e. The zero-order chi connectivity index (χ0) is 14.1. The van der Waals surface area contributed by atoms with Crippen LogP contribution in [0.4, 0.5) is 0 Å². The molecule has 0 radical (unpaired) electrons. The summed E-state index contributed by atoms with van der Waals surface area (Å²) in [6.07, 6.45) is 2.06. The summed E-state index contributed by atoms with van der Waals surface area (Å²) in [5, 5.41) is 0. The van der Waals surface area contributed by atoms with Crippen molar-refractivity contribution in [3.63, 3.8) is 0 Å². The zero-order valence-electron chi connectivity index (χ0n) is 12.4. The lowest BCUT2D eigenvalue weighted by Crippen LogP contribution is -2.43. The fourth-order valence-corrected chi connectivity index (χ4v) is 1.47. The Balaban J connectivity index is 4.22. The summed E-state index contributed by atoms with van der Waals surface area (Å²) in [5.41, 5.74) is 0.